The van der Waals surface area contributed by atoms with Crippen LogP contribution in [0.3, 0.4) is 0 Å². The highest BCUT2D eigenvalue weighted by Crippen LogP contribution is 1.62. The molecule has 0 aliphatic rings. The lowest BCUT2D eigenvalue weighted by molar-refractivity contribution is 1.29. The third kappa shape index (κ3) is 4.79. The molecule has 0 aromatic carbocycles. The molecule has 0 aliphatic carbocycles. The van der Waals surface area contributed by atoms with Gasteiger partial charge >= 0.3 is 0 Å². The molecule has 0 N–H and O–H groups in total. The zero-order valence-electron chi connectivity index (χ0n) is 4.70. The van der Waals surface area contributed by atoms with E-state index < -0.39 is 0 Å². The highest BCUT2D eigenvalue weighted by Gasteiger charge is 1.51. The number of nitrogens with zero attached hydrogens (tertiary/aromatic N) is 3. The SMILES string of the molecule is C=NN=C=C/N=C\C. The molecular formula is C5H7N3. The molecular weight excluding hydrogens is 102 g/mol. The van der Waals surface area contributed by atoms with Gasteiger partial charge in [-0.15, -0.1) is 5.10 Å². The monoisotopic (exact) mass is 109 g/mol. The molecule has 0 rings (SSSR count). The Kier molecular flexibility index (Phi) is 4.91. The zero-order chi connectivity index (χ0) is 6.24. The maximum Gasteiger partial charge on any atom is 0.0896 e. The van der Waals surface area contributed by atoms with Gasteiger partial charge in [0.05, 0.1) is 6.20 Å². The van der Waals surface area contributed by atoms with Crippen LogP contribution in [0.15, 0.2) is 21.4 Å². The van der Waals surface area contributed by atoms with Crippen LogP contribution in [0.1, 0.15) is 6.92 Å². The lowest BCUT2D eigenvalue weighted by atomic mass is 10.8. The van der Waals surface area contributed by atoms with Crippen LogP contribution >= 0.6 is 0 Å². The van der Waals surface area contributed by atoms with Gasteiger partial charge in [-0.1, -0.05) is 0 Å². The first-order valence-electron chi connectivity index (χ1n) is 2.12. The molecule has 0 heterocycles. The van der Waals surface area contributed by atoms with Crippen molar-refractivity contribution in [2.24, 2.45) is 15.2 Å². The lowest BCUT2D eigenvalue weighted by Crippen LogP contribution is -1.54. The van der Waals surface area contributed by atoms with Crippen LogP contribution in [-0.2, 0) is 0 Å². The van der Waals surface area contributed by atoms with Crippen LogP contribution in [0.25, 0.3) is 0 Å². The highest BCUT2D eigenvalue weighted by atomic mass is 15.2. The topological polar surface area (TPSA) is 37.1 Å². The van der Waals surface area contributed by atoms with Crippen LogP contribution in [0.4, 0.5) is 0 Å². The third-order valence-electron chi connectivity index (χ3n) is 0.410. The molecule has 0 atom stereocenters. The summed E-state index contributed by atoms with van der Waals surface area (Å²) >= 11 is 0. The van der Waals surface area contributed by atoms with Crippen molar-refractivity contribution in [1.29, 1.82) is 0 Å². The summed E-state index contributed by atoms with van der Waals surface area (Å²) in [6.07, 6.45) is 3.04. The molecule has 0 amide bonds. The van der Waals surface area contributed by atoms with Crippen LogP contribution in [0, 0.1) is 0 Å². The minimum atomic E-state index is 1.41. The van der Waals surface area contributed by atoms with Gasteiger partial charge in [0.2, 0.25) is 0 Å². The van der Waals surface area contributed by atoms with Crippen LogP contribution in [0.2, 0.25) is 0 Å². The number of hydrogen-bond acceptors (Lipinski definition) is 3. The van der Waals surface area contributed by atoms with Crippen molar-refractivity contribution in [3.8, 4) is 0 Å². The summed E-state index contributed by atoms with van der Waals surface area (Å²) in [5.74, 6) is 2.41. The fourth-order valence-electron chi connectivity index (χ4n) is 0.175. The quantitative estimate of drug-likeness (QED) is 0.373. The highest BCUT2D eigenvalue weighted by molar-refractivity contribution is 5.59. The van der Waals surface area contributed by atoms with E-state index in [1.807, 2.05) is 0 Å². The Morgan fingerprint density at radius 1 is 1.62 bits per heavy atom. The predicted octanol–water partition coefficient (Wildman–Crippen LogP) is 0.876. The summed E-state index contributed by atoms with van der Waals surface area (Å²) in [5, 5.41) is 6.47. The van der Waals surface area contributed by atoms with Gasteiger partial charge in [-0.25, -0.2) is 0 Å². The fraction of sp³-hybridized carbons (Fsp3) is 0.200. The maximum absolute atomic E-state index is 3.67. The van der Waals surface area contributed by atoms with E-state index in [2.05, 4.69) is 27.8 Å². The minimum absolute atomic E-state index is 1.41. The van der Waals surface area contributed by atoms with Crippen molar-refractivity contribution in [3.05, 3.63) is 6.20 Å². The molecule has 0 radical (unpaired) electrons. The van der Waals surface area contributed by atoms with Gasteiger partial charge in [-0.2, -0.15) is 5.10 Å². The van der Waals surface area contributed by atoms with Crippen molar-refractivity contribution < 1.29 is 0 Å². The minimum Gasteiger partial charge on any atom is -0.259 e. The van der Waals surface area contributed by atoms with Crippen molar-refractivity contribution in [2.75, 3.05) is 0 Å². The second kappa shape index (κ2) is 5.79. The predicted molar refractivity (Wildman–Crippen MR) is 35.7 cm³/mol. The first-order valence-corrected chi connectivity index (χ1v) is 2.12. The molecule has 0 bridgehead atoms. The van der Waals surface area contributed by atoms with E-state index in [0.717, 1.165) is 0 Å². The average molecular weight is 109 g/mol. The smallest absolute Gasteiger partial charge is 0.0896 e. The Morgan fingerprint density at radius 3 is 2.88 bits per heavy atom. The molecule has 3 heteroatoms. The summed E-state index contributed by atoms with van der Waals surface area (Å²) in [4.78, 5) is 3.67. The molecule has 0 unspecified atom stereocenters. The van der Waals surface area contributed by atoms with Gasteiger partial charge in [-0.05, 0) is 6.92 Å². The van der Waals surface area contributed by atoms with Crippen molar-refractivity contribution >= 4 is 18.8 Å². The standard InChI is InChI=1S/C5H7N3/c1-3-7-4-5-8-6-2/h3-4H,2H2,1H3/b7-3-. The maximum atomic E-state index is 3.67. The van der Waals surface area contributed by atoms with Crippen molar-refractivity contribution in [2.45, 2.75) is 6.92 Å². The van der Waals surface area contributed by atoms with E-state index in [4.69, 9.17) is 0 Å². The lowest BCUT2D eigenvalue weighted by Gasteiger charge is -1.62. The van der Waals surface area contributed by atoms with Crippen LogP contribution in [-0.4, -0.2) is 18.8 Å². The van der Waals surface area contributed by atoms with E-state index in [9.17, 15) is 0 Å². The summed E-state index contributed by atoms with van der Waals surface area (Å²) in [5.41, 5.74) is 0. The molecule has 0 spiro atoms. The molecule has 0 fully saturated rings. The first-order chi connectivity index (χ1) is 3.91. The van der Waals surface area contributed by atoms with E-state index in [1.165, 1.54) is 6.20 Å². The van der Waals surface area contributed by atoms with Crippen LogP contribution in [0.5, 0.6) is 0 Å². The number of rotatable bonds is 2. The Hall–Kier alpha value is -1.21. The van der Waals surface area contributed by atoms with Gasteiger partial charge < -0.3 is 0 Å². The van der Waals surface area contributed by atoms with Gasteiger partial charge in [-0.3, -0.25) is 4.99 Å². The van der Waals surface area contributed by atoms with Crippen molar-refractivity contribution in [3.63, 3.8) is 0 Å². The Morgan fingerprint density at radius 2 is 2.38 bits per heavy atom. The third-order valence-corrected chi connectivity index (χ3v) is 0.410. The zero-order valence-corrected chi connectivity index (χ0v) is 4.70. The van der Waals surface area contributed by atoms with Gasteiger partial charge in [0.25, 0.3) is 0 Å². The van der Waals surface area contributed by atoms with Crippen LogP contribution < -0.4 is 0 Å². The average Bonchev–Trinajstić information content (AvgIpc) is 1.81. The number of hydrogen-bond donors (Lipinski definition) is 0. The van der Waals surface area contributed by atoms with E-state index in [1.54, 1.807) is 13.1 Å². The van der Waals surface area contributed by atoms with Gasteiger partial charge in [0.15, 0.2) is 0 Å². The molecule has 3 nitrogen and oxygen atoms in total. The summed E-state index contributed by atoms with van der Waals surface area (Å²) in [6, 6.07) is 0. The Labute approximate surface area is 48.2 Å². The second-order valence-electron chi connectivity index (χ2n) is 0.907. The summed E-state index contributed by atoms with van der Waals surface area (Å²) in [7, 11) is 0. The van der Waals surface area contributed by atoms with E-state index in [0.29, 0.717) is 0 Å². The second-order valence-corrected chi connectivity index (χ2v) is 0.907. The number of aliphatic imine (C=N–C) groups is 1. The van der Waals surface area contributed by atoms with Gasteiger partial charge in [0, 0.05) is 18.8 Å². The molecule has 0 saturated carbocycles. The summed E-state index contributed by atoms with van der Waals surface area (Å²) in [6.45, 7) is 4.91. The fourth-order valence-corrected chi connectivity index (χ4v) is 0.175. The van der Waals surface area contributed by atoms with Gasteiger partial charge in [0.1, 0.15) is 0 Å². The summed E-state index contributed by atoms with van der Waals surface area (Å²) < 4.78 is 0. The molecule has 0 saturated heterocycles. The molecule has 0 aliphatic heterocycles. The Bertz CT molecular complexity index is 140. The first kappa shape index (κ1) is 6.79. The van der Waals surface area contributed by atoms with Crippen molar-refractivity contribution in [1.82, 2.24) is 0 Å². The molecule has 8 heavy (non-hydrogen) atoms. The van der Waals surface area contributed by atoms with E-state index >= 15 is 0 Å². The molecule has 0 aromatic rings. The Balaban J connectivity index is 3.63. The largest absolute Gasteiger partial charge is 0.259 e. The van der Waals surface area contributed by atoms with E-state index in [-0.39, 0.29) is 0 Å². The molecule has 0 aromatic heterocycles. The normalized spacial score (nSPS) is 8.12. The molecule has 42 valence electrons.